The molecule has 0 spiro atoms. The van der Waals surface area contributed by atoms with E-state index < -0.39 is 0 Å². The third-order valence-corrected chi connectivity index (χ3v) is 4.39. The zero-order valence-electron chi connectivity index (χ0n) is 14.9. The highest BCUT2D eigenvalue weighted by Gasteiger charge is 1.94. The molecule has 0 bridgehead atoms. The maximum atomic E-state index is 3.72. The molecule has 0 fully saturated rings. The summed E-state index contributed by atoms with van der Waals surface area (Å²) in [6.45, 7) is 6.01. The number of hydrogen-bond acceptors (Lipinski definition) is 0. The second kappa shape index (κ2) is 19.7. The van der Waals surface area contributed by atoms with Gasteiger partial charge in [0.2, 0.25) is 0 Å². The van der Waals surface area contributed by atoms with E-state index in [0.29, 0.717) is 0 Å². The standard InChI is InChI=1S/C21H41/c1-3-5-7-9-11-13-15-17-19-21-20-18-16-14-12-10-8-6-4-2/h3,5H,1,4,6-21H2,2H3/b5-3+. The minimum Gasteiger partial charge on any atom is -0.0885 e. The molecule has 0 aromatic carbocycles. The first-order chi connectivity index (χ1) is 10.4. The summed E-state index contributed by atoms with van der Waals surface area (Å²) in [7, 11) is 0. The molecule has 21 heavy (non-hydrogen) atoms. The number of unbranched alkanes of at least 4 members (excludes halogenated alkanes) is 16. The van der Waals surface area contributed by atoms with Crippen LogP contribution in [0.15, 0.2) is 12.2 Å². The Bertz CT molecular complexity index is 192. The molecule has 0 heteroatoms. The smallest absolute Gasteiger partial charge is 0.0316 e. The molecule has 0 aliphatic heterocycles. The highest BCUT2D eigenvalue weighted by Crippen LogP contribution is 2.13. The highest BCUT2D eigenvalue weighted by molar-refractivity contribution is 4.83. The lowest BCUT2D eigenvalue weighted by Crippen LogP contribution is -1.83. The summed E-state index contributed by atoms with van der Waals surface area (Å²) >= 11 is 0. The molecule has 0 aromatic heterocycles. The van der Waals surface area contributed by atoms with Crippen molar-refractivity contribution < 1.29 is 0 Å². The van der Waals surface area contributed by atoms with Crippen LogP contribution < -0.4 is 0 Å². The Hall–Kier alpha value is -0.260. The van der Waals surface area contributed by atoms with Gasteiger partial charge in [0.25, 0.3) is 0 Å². The third kappa shape index (κ3) is 19.7. The van der Waals surface area contributed by atoms with Crippen LogP contribution in [0.2, 0.25) is 0 Å². The zero-order chi connectivity index (χ0) is 15.4. The fraction of sp³-hybridized carbons (Fsp3) is 0.857. The number of hydrogen-bond donors (Lipinski definition) is 0. The summed E-state index contributed by atoms with van der Waals surface area (Å²) in [6, 6.07) is 0. The summed E-state index contributed by atoms with van der Waals surface area (Å²) < 4.78 is 0. The van der Waals surface area contributed by atoms with E-state index in [4.69, 9.17) is 0 Å². The Balaban J connectivity index is 2.93. The second-order valence-electron chi connectivity index (χ2n) is 6.56. The van der Waals surface area contributed by atoms with E-state index >= 15 is 0 Å². The Labute approximate surface area is 135 Å². The van der Waals surface area contributed by atoms with Gasteiger partial charge in [0.05, 0.1) is 0 Å². The van der Waals surface area contributed by atoms with E-state index in [1.54, 1.807) is 0 Å². The average molecular weight is 294 g/mol. The molecular weight excluding hydrogens is 252 g/mol. The number of allylic oxidation sites excluding steroid dienone is 2. The molecule has 0 unspecified atom stereocenters. The lowest BCUT2D eigenvalue weighted by Gasteiger charge is -2.03. The SMILES string of the molecule is [CH2]/C=C/CCCCCCCCCCCCCCCCCC. The first-order valence-corrected chi connectivity index (χ1v) is 9.86. The third-order valence-electron chi connectivity index (χ3n) is 4.39. The fourth-order valence-corrected chi connectivity index (χ4v) is 2.93. The van der Waals surface area contributed by atoms with Crippen molar-refractivity contribution in [3.05, 3.63) is 19.1 Å². The Morgan fingerprint density at radius 3 is 1.19 bits per heavy atom. The van der Waals surface area contributed by atoms with E-state index in [9.17, 15) is 0 Å². The Morgan fingerprint density at radius 1 is 0.524 bits per heavy atom. The molecule has 0 atom stereocenters. The summed E-state index contributed by atoms with van der Waals surface area (Å²) in [5.41, 5.74) is 0. The Morgan fingerprint density at radius 2 is 0.857 bits per heavy atom. The molecule has 1 radical (unpaired) electrons. The maximum Gasteiger partial charge on any atom is -0.0316 e. The van der Waals surface area contributed by atoms with Gasteiger partial charge in [-0.15, -0.1) is 0 Å². The summed E-state index contributed by atoms with van der Waals surface area (Å²) in [4.78, 5) is 0. The van der Waals surface area contributed by atoms with Crippen molar-refractivity contribution in [2.24, 2.45) is 0 Å². The minimum atomic E-state index is 1.22. The molecule has 0 aromatic rings. The van der Waals surface area contributed by atoms with Crippen molar-refractivity contribution in [1.29, 1.82) is 0 Å². The first kappa shape index (κ1) is 20.7. The van der Waals surface area contributed by atoms with Crippen LogP contribution in [-0.4, -0.2) is 0 Å². The van der Waals surface area contributed by atoms with Crippen LogP contribution in [0.5, 0.6) is 0 Å². The van der Waals surface area contributed by atoms with Crippen LogP contribution in [0.1, 0.15) is 116 Å². The van der Waals surface area contributed by atoms with E-state index in [0.717, 1.165) is 0 Å². The van der Waals surface area contributed by atoms with Gasteiger partial charge in [-0.05, 0) is 19.8 Å². The highest BCUT2D eigenvalue weighted by atomic mass is 14.0. The largest absolute Gasteiger partial charge is 0.0885 e. The summed E-state index contributed by atoms with van der Waals surface area (Å²) in [5, 5.41) is 0. The van der Waals surface area contributed by atoms with Gasteiger partial charge in [-0.1, -0.05) is 115 Å². The zero-order valence-corrected chi connectivity index (χ0v) is 14.9. The monoisotopic (exact) mass is 293 g/mol. The molecular formula is C21H41. The van der Waals surface area contributed by atoms with Crippen LogP contribution >= 0.6 is 0 Å². The van der Waals surface area contributed by atoms with Crippen molar-refractivity contribution in [3.63, 3.8) is 0 Å². The van der Waals surface area contributed by atoms with Gasteiger partial charge in [0.15, 0.2) is 0 Å². The van der Waals surface area contributed by atoms with E-state index in [-0.39, 0.29) is 0 Å². The molecule has 0 N–H and O–H groups in total. The molecule has 0 saturated heterocycles. The van der Waals surface area contributed by atoms with Crippen LogP contribution in [0.4, 0.5) is 0 Å². The van der Waals surface area contributed by atoms with E-state index in [2.05, 4.69) is 19.9 Å². The molecule has 0 heterocycles. The van der Waals surface area contributed by atoms with Crippen molar-refractivity contribution >= 4 is 0 Å². The van der Waals surface area contributed by atoms with Crippen molar-refractivity contribution in [3.8, 4) is 0 Å². The topological polar surface area (TPSA) is 0 Å². The molecule has 0 aliphatic carbocycles. The van der Waals surface area contributed by atoms with Gasteiger partial charge in [0, 0.05) is 0 Å². The van der Waals surface area contributed by atoms with Crippen LogP contribution in [0.25, 0.3) is 0 Å². The molecule has 0 rings (SSSR count). The molecule has 0 amide bonds. The van der Waals surface area contributed by atoms with Gasteiger partial charge < -0.3 is 0 Å². The number of rotatable bonds is 17. The summed E-state index contributed by atoms with van der Waals surface area (Å²) in [5.74, 6) is 0. The van der Waals surface area contributed by atoms with Crippen molar-refractivity contribution in [1.82, 2.24) is 0 Å². The maximum absolute atomic E-state index is 3.72. The lowest BCUT2D eigenvalue weighted by atomic mass is 10.0. The van der Waals surface area contributed by atoms with Crippen LogP contribution in [0.3, 0.4) is 0 Å². The predicted molar refractivity (Wildman–Crippen MR) is 98.7 cm³/mol. The first-order valence-electron chi connectivity index (χ1n) is 9.86. The molecule has 0 nitrogen and oxygen atoms in total. The van der Waals surface area contributed by atoms with E-state index in [1.165, 1.54) is 109 Å². The van der Waals surface area contributed by atoms with Gasteiger partial charge in [-0.3, -0.25) is 0 Å². The van der Waals surface area contributed by atoms with Gasteiger partial charge >= 0.3 is 0 Å². The normalized spacial score (nSPS) is 11.5. The van der Waals surface area contributed by atoms with Gasteiger partial charge in [0.1, 0.15) is 0 Å². The lowest BCUT2D eigenvalue weighted by molar-refractivity contribution is 0.530. The quantitative estimate of drug-likeness (QED) is 0.238. The minimum absolute atomic E-state index is 1.22. The molecule has 0 saturated carbocycles. The van der Waals surface area contributed by atoms with Crippen molar-refractivity contribution in [2.45, 2.75) is 116 Å². The van der Waals surface area contributed by atoms with E-state index in [1.807, 2.05) is 6.08 Å². The van der Waals surface area contributed by atoms with Gasteiger partial charge in [-0.25, -0.2) is 0 Å². The predicted octanol–water partition coefficient (Wildman–Crippen LogP) is 8.03. The van der Waals surface area contributed by atoms with Crippen LogP contribution in [0, 0.1) is 6.92 Å². The molecule has 125 valence electrons. The Kier molecular flexibility index (Phi) is 19.5. The average Bonchev–Trinajstić information content (AvgIpc) is 2.50. The van der Waals surface area contributed by atoms with Gasteiger partial charge in [-0.2, -0.15) is 0 Å². The second-order valence-corrected chi connectivity index (χ2v) is 6.56. The molecule has 0 aliphatic rings. The van der Waals surface area contributed by atoms with Crippen LogP contribution in [-0.2, 0) is 0 Å². The summed E-state index contributed by atoms with van der Waals surface area (Å²) in [6.07, 6.45) is 28.5. The fourth-order valence-electron chi connectivity index (χ4n) is 2.93. The van der Waals surface area contributed by atoms with Crippen molar-refractivity contribution in [2.75, 3.05) is 0 Å².